The predicted octanol–water partition coefficient (Wildman–Crippen LogP) is 2.37. The van der Waals surface area contributed by atoms with Crippen LogP contribution in [0, 0.1) is 0 Å². The molecule has 2 aliphatic rings. The van der Waals surface area contributed by atoms with E-state index in [4.69, 9.17) is 5.73 Å². The van der Waals surface area contributed by atoms with Crippen LogP contribution in [0.4, 0.5) is 0 Å². The average Bonchev–Trinajstić information content (AvgIpc) is 3.17. The quantitative estimate of drug-likeness (QED) is 0.897. The number of hydrogen-bond donors (Lipinski definition) is 2. The molecule has 2 fully saturated rings. The predicted molar refractivity (Wildman–Crippen MR) is 86.1 cm³/mol. The van der Waals surface area contributed by atoms with Gasteiger partial charge in [-0.15, -0.1) is 0 Å². The van der Waals surface area contributed by atoms with E-state index in [2.05, 4.69) is 0 Å². The van der Waals surface area contributed by atoms with Crippen molar-refractivity contribution in [1.29, 1.82) is 0 Å². The maximum Gasteiger partial charge on any atom is 0.242 e. The van der Waals surface area contributed by atoms with E-state index in [-0.39, 0.29) is 11.9 Å². The molecule has 2 atom stereocenters. The second-order valence-electron chi connectivity index (χ2n) is 6.82. The molecule has 1 aromatic carbocycles. The molecular weight excluding hydrogens is 276 g/mol. The number of rotatable bonds is 4. The van der Waals surface area contributed by atoms with Crippen LogP contribution >= 0.6 is 0 Å². The number of aliphatic hydroxyl groups is 1. The smallest absolute Gasteiger partial charge is 0.242 e. The van der Waals surface area contributed by atoms with Crippen LogP contribution in [0.5, 0.6) is 0 Å². The van der Waals surface area contributed by atoms with Crippen LogP contribution < -0.4 is 5.73 Å². The first-order valence-corrected chi connectivity index (χ1v) is 8.43. The molecule has 2 unspecified atom stereocenters. The summed E-state index contributed by atoms with van der Waals surface area (Å²) in [4.78, 5) is 14.8. The van der Waals surface area contributed by atoms with Gasteiger partial charge in [0, 0.05) is 12.6 Å². The lowest BCUT2D eigenvalue weighted by molar-refractivity contribution is -0.138. The van der Waals surface area contributed by atoms with Crippen molar-refractivity contribution < 1.29 is 9.90 Å². The van der Waals surface area contributed by atoms with Crippen LogP contribution in [0.1, 0.15) is 56.6 Å². The Kier molecular flexibility index (Phi) is 4.50. The molecule has 1 saturated carbocycles. The fraction of sp³-hybridized carbons (Fsp3) is 0.611. The minimum absolute atomic E-state index is 0.104. The van der Waals surface area contributed by atoms with E-state index in [0.717, 1.165) is 50.6 Å². The number of likely N-dealkylation sites (tertiary alicyclic amines) is 1. The Balaban J connectivity index is 1.67. The molecule has 1 saturated heterocycles. The average molecular weight is 302 g/mol. The first-order chi connectivity index (χ1) is 10.6. The van der Waals surface area contributed by atoms with E-state index in [1.54, 1.807) is 0 Å². The van der Waals surface area contributed by atoms with Crippen LogP contribution in [0.3, 0.4) is 0 Å². The third-order valence-electron chi connectivity index (χ3n) is 5.24. The van der Waals surface area contributed by atoms with Gasteiger partial charge in [0.1, 0.15) is 0 Å². The van der Waals surface area contributed by atoms with Gasteiger partial charge in [-0.25, -0.2) is 0 Å². The highest BCUT2D eigenvalue weighted by molar-refractivity contribution is 5.87. The Morgan fingerprint density at radius 3 is 2.64 bits per heavy atom. The van der Waals surface area contributed by atoms with Gasteiger partial charge in [-0.05, 0) is 37.7 Å². The molecule has 3 rings (SSSR count). The summed E-state index contributed by atoms with van der Waals surface area (Å²) in [6.07, 6.45) is 5.76. The lowest BCUT2D eigenvalue weighted by Gasteiger charge is -2.33. The Morgan fingerprint density at radius 2 is 1.95 bits per heavy atom. The van der Waals surface area contributed by atoms with Crippen molar-refractivity contribution in [2.75, 3.05) is 6.54 Å². The third kappa shape index (κ3) is 3.03. The Hall–Kier alpha value is -1.39. The van der Waals surface area contributed by atoms with Gasteiger partial charge < -0.3 is 15.7 Å². The van der Waals surface area contributed by atoms with Crippen molar-refractivity contribution in [3.05, 3.63) is 35.9 Å². The van der Waals surface area contributed by atoms with Gasteiger partial charge in [-0.1, -0.05) is 43.2 Å². The van der Waals surface area contributed by atoms with E-state index < -0.39 is 11.6 Å². The van der Waals surface area contributed by atoms with Gasteiger partial charge in [-0.2, -0.15) is 0 Å². The molecule has 1 heterocycles. The van der Waals surface area contributed by atoms with Gasteiger partial charge >= 0.3 is 0 Å². The second-order valence-corrected chi connectivity index (χ2v) is 6.82. The number of amides is 1. The molecule has 0 radical (unpaired) electrons. The highest BCUT2D eigenvalue weighted by atomic mass is 16.3. The second kappa shape index (κ2) is 6.39. The standard InChI is InChI=1S/C18H26N2O2/c19-18(10-4-5-11-18)17(22)20-12-6-9-15(20)13-16(21)14-7-2-1-3-8-14/h1-3,7-8,15-16,21H,4-6,9-13,19H2. The topological polar surface area (TPSA) is 66.6 Å². The lowest BCUT2D eigenvalue weighted by atomic mass is 9.95. The molecule has 3 N–H and O–H groups in total. The van der Waals surface area contributed by atoms with Crippen molar-refractivity contribution in [1.82, 2.24) is 4.90 Å². The van der Waals surface area contributed by atoms with Gasteiger partial charge in [0.25, 0.3) is 0 Å². The van der Waals surface area contributed by atoms with E-state index in [0.29, 0.717) is 6.42 Å². The normalized spacial score (nSPS) is 25.4. The summed E-state index contributed by atoms with van der Waals surface area (Å²) in [5.74, 6) is 0.104. The minimum atomic E-state index is -0.652. The molecule has 4 nitrogen and oxygen atoms in total. The van der Waals surface area contributed by atoms with Gasteiger partial charge in [-0.3, -0.25) is 4.79 Å². The molecule has 120 valence electrons. The molecule has 0 bridgehead atoms. The summed E-state index contributed by atoms with van der Waals surface area (Å²) in [5, 5.41) is 10.4. The van der Waals surface area contributed by atoms with Crippen molar-refractivity contribution in [2.24, 2.45) is 5.73 Å². The monoisotopic (exact) mass is 302 g/mol. The summed E-state index contributed by atoms with van der Waals surface area (Å²) < 4.78 is 0. The summed E-state index contributed by atoms with van der Waals surface area (Å²) >= 11 is 0. The van der Waals surface area contributed by atoms with Crippen LogP contribution in [0.15, 0.2) is 30.3 Å². The molecule has 4 heteroatoms. The van der Waals surface area contributed by atoms with Crippen LogP contribution in [0.2, 0.25) is 0 Å². The fourth-order valence-corrected chi connectivity index (χ4v) is 3.92. The molecule has 1 aromatic rings. The maximum absolute atomic E-state index is 12.8. The zero-order chi connectivity index (χ0) is 15.6. The number of aliphatic hydroxyl groups excluding tert-OH is 1. The van der Waals surface area contributed by atoms with E-state index in [9.17, 15) is 9.90 Å². The zero-order valence-electron chi connectivity index (χ0n) is 13.1. The summed E-state index contributed by atoms with van der Waals surface area (Å²) in [7, 11) is 0. The number of benzene rings is 1. The van der Waals surface area contributed by atoms with Crippen molar-refractivity contribution >= 4 is 5.91 Å². The number of nitrogens with two attached hydrogens (primary N) is 1. The first-order valence-electron chi connectivity index (χ1n) is 8.43. The lowest BCUT2D eigenvalue weighted by Crippen LogP contribution is -2.55. The Labute approximate surface area is 132 Å². The Morgan fingerprint density at radius 1 is 1.27 bits per heavy atom. The van der Waals surface area contributed by atoms with Gasteiger partial charge in [0.2, 0.25) is 5.91 Å². The minimum Gasteiger partial charge on any atom is -0.388 e. The number of carbonyl (C=O) groups excluding carboxylic acids is 1. The molecule has 1 amide bonds. The van der Waals surface area contributed by atoms with Crippen molar-refractivity contribution in [3.63, 3.8) is 0 Å². The Bertz CT molecular complexity index is 511. The van der Waals surface area contributed by atoms with Crippen LogP contribution in [-0.4, -0.2) is 34.0 Å². The van der Waals surface area contributed by atoms with Gasteiger partial charge in [0.05, 0.1) is 11.6 Å². The van der Waals surface area contributed by atoms with Gasteiger partial charge in [0.15, 0.2) is 0 Å². The summed E-state index contributed by atoms with van der Waals surface area (Å²) in [6.45, 7) is 0.782. The van der Waals surface area contributed by atoms with Crippen molar-refractivity contribution in [2.45, 2.75) is 62.6 Å². The molecule has 0 aromatic heterocycles. The highest BCUT2D eigenvalue weighted by Gasteiger charge is 2.43. The molecule has 1 aliphatic carbocycles. The summed E-state index contributed by atoms with van der Waals surface area (Å²) in [5.41, 5.74) is 6.60. The van der Waals surface area contributed by atoms with E-state index in [1.807, 2.05) is 35.2 Å². The zero-order valence-corrected chi connectivity index (χ0v) is 13.1. The molecule has 22 heavy (non-hydrogen) atoms. The van der Waals surface area contributed by atoms with E-state index in [1.165, 1.54) is 0 Å². The van der Waals surface area contributed by atoms with Crippen LogP contribution in [-0.2, 0) is 4.79 Å². The number of nitrogens with zero attached hydrogens (tertiary/aromatic N) is 1. The maximum atomic E-state index is 12.8. The SMILES string of the molecule is NC1(C(=O)N2CCCC2CC(O)c2ccccc2)CCCC1. The molecular formula is C18H26N2O2. The fourth-order valence-electron chi connectivity index (χ4n) is 3.92. The van der Waals surface area contributed by atoms with Crippen LogP contribution in [0.25, 0.3) is 0 Å². The molecule has 0 spiro atoms. The number of hydrogen-bond acceptors (Lipinski definition) is 3. The highest BCUT2D eigenvalue weighted by Crippen LogP contribution is 2.34. The van der Waals surface area contributed by atoms with Crippen molar-refractivity contribution in [3.8, 4) is 0 Å². The third-order valence-corrected chi connectivity index (χ3v) is 5.24. The molecule has 1 aliphatic heterocycles. The summed E-state index contributed by atoms with van der Waals surface area (Å²) in [6, 6.07) is 9.80. The first kappa shape index (κ1) is 15.5. The largest absolute Gasteiger partial charge is 0.388 e. The van der Waals surface area contributed by atoms with E-state index >= 15 is 0 Å². The number of carbonyl (C=O) groups is 1.